The van der Waals surface area contributed by atoms with Crippen LogP contribution < -0.4 is 9.47 Å². The first kappa shape index (κ1) is 19.6. The molecule has 5 nitrogen and oxygen atoms in total. The fourth-order valence-corrected chi connectivity index (χ4v) is 3.25. The number of ether oxygens (including phenoxy) is 2. The second-order valence-electron chi connectivity index (χ2n) is 8.22. The molecule has 0 radical (unpaired) electrons. The zero-order valence-corrected chi connectivity index (χ0v) is 16.7. The first-order chi connectivity index (χ1) is 13.0. The molecule has 0 unspecified atom stereocenters. The van der Waals surface area contributed by atoms with E-state index in [9.17, 15) is 0 Å². The Hall–Kier alpha value is -2.14. The summed E-state index contributed by atoms with van der Waals surface area (Å²) < 4.78 is 11.7. The van der Waals surface area contributed by atoms with Crippen LogP contribution >= 0.6 is 0 Å². The number of benzene rings is 1. The number of hydrogen-bond acceptors (Lipinski definition) is 5. The van der Waals surface area contributed by atoms with Gasteiger partial charge in [0, 0.05) is 19.2 Å². The molecule has 1 aliphatic rings. The molecule has 3 rings (SSSR count). The molecule has 1 aromatic carbocycles. The van der Waals surface area contributed by atoms with E-state index in [-0.39, 0.29) is 5.60 Å². The van der Waals surface area contributed by atoms with Gasteiger partial charge in [-0.05, 0) is 64.8 Å². The quantitative estimate of drug-likeness (QED) is 0.739. The van der Waals surface area contributed by atoms with Crippen LogP contribution in [0.3, 0.4) is 0 Å². The van der Waals surface area contributed by atoms with E-state index in [0.29, 0.717) is 11.8 Å². The third kappa shape index (κ3) is 6.83. The van der Waals surface area contributed by atoms with Gasteiger partial charge in [-0.15, -0.1) is 0 Å². The molecule has 1 saturated heterocycles. The normalized spacial score (nSPS) is 16.3. The van der Waals surface area contributed by atoms with Gasteiger partial charge in [-0.3, -0.25) is 4.98 Å². The van der Waals surface area contributed by atoms with Crippen LogP contribution in [0.1, 0.15) is 39.3 Å². The zero-order chi connectivity index (χ0) is 19.1. The van der Waals surface area contributed by atoms with Crippen LogP contribution in [0.25, 0.3) is 0 Å². The van der Waals surface area contributed by atoms with E-state index < -0.39 is 0 Å². The first-order valence-corrected chi connectivity index (χ1v) is 9.88. The van der Waals surface area contributed by atoms with Gasteiger partial charge < -0.3 is 14.4 Å². The summed E-state index contributed by atoms with van der Waals surface area (Å²) in [5.74, 6) is 2.22. The van der Waals surface area contributed by atoms with Crippen molar-refractivity contribution in [1.29, 1.82) is 0 Å². The van der Waals surface area contributed by atoms with E-state index in [1.807, 2.05) is 57.3 Å². The van der Waals surface area contributed by atoms with Gasteiger partial charge in [0.1, 0.15) is 11.4 Å². The molecule has 0 aliphatic carbocycles. The van der Waals surface area contributed by atoms with E-state index in [2.05, 4.69) is 14.9 Å². The Labute approximate surface area is 162 Å². The van der Waals surface area contributed by atoms with Crippen molar-refractivity contribution in [2.45, 2.75) is 45.6 Å². The SMILES string of the molecule is CC(C)(C)Oc1cncc(CCN2CCC(COc3ccccc3)CC2)n1. The molecule has 2 heterocycles. The number of piperidine rings is 1. The molecule has 1 fully saturated rings. The third-order valence-corrected chi connectivity index (χ3v) is 4.69. The van der Waals surface area contributed by atoms with Crippen LogP contribution in [0.2, 0.25) is 0 Å². The van der Waals surface area contributed by atoms with E-state index in [1.54, 1.807) is 6.20 Å². The molecule has 2 aromatic rings. The van der Waals surface area contributed by atoms with E-state index in [0.717, 1.165) is 44.1 Å². The average molecular weight is 370 g/mol. The Balaban J connectivity index is 1.39. The Morgan fingerprint density at radius 2 is 1.81 bits per heavy atom. The summed E-state index contributed by atoms with van der Waals surface area (Å²) >= 11 is 0. The summed E-state index contributed by atoms with van der Waals surface area (Å²) in [5, 5.41) is 0. The molecule has 146 valence electrons. The van der Waals surface area contributed by atoms with Gasteiger partial charge in [-0.1, -0.05) is 18.2 Å². The van der Waals surface area contributed by atoms with Crippen molar-refractivity contribution in [3.05, 3.63) is 48.4 Å². The number of likely N-dealkylation sites (tertiary alicyclic amines) is 1. The van der Waals surface area contributed by atoms with Crippen LogP contribution in [0.4, 0.5) is 0 Å². The molecule has 1 aromatic heterocycles. The summed E-state index contributed by atoms with van der Waals surface area (Å²) in [4.78, 5) is 11.4. The van der Waals surface area contributed by atoms with Crippen LogP contribution in [0, 0.1) is 5.92 Å². The predicted molar refractivity (Wildman–Crippen MR) is 107 cm³/mol. The molecule has 0 saturated carbocycles. The number of nitrogens with zero attached hydrogens (tertiary/aromatic N) is 3. The number of hydrogen-bond donors (Lipinski definition) is 0. The molecule has 1 aliphatic heterocycles. The molecule has 0 N–H and O–H groups in total. The van der Waals surface area contributed by atoms with E-state index >= 15 is 0 Å². The van der Waals surface area contributed by atoms with Crippen molar-refractivity contribution in [1.82, 2.24) is 14.9 Å². The number of para-hydroxylation sites is 1. The van der Waals surface area contributed by atoms with Crippen molar-refractivity contribution >= 4 is 0 Å². The summed E-state index contributed by atoms with van der Waals surface area (Å²) in [7, 11) is 0. The molecule has 0 bridgehead atoms. The largest absolute Gasteiger partial charge is 0.493 e. The Bertz CT molecular complexity index is 692. The summed E-state index contributed by atoms with van der Waals surface area (Å²) in [6.07, 6.45) is 6.81. The van der Waals surface area contributed by atoms with E-state index in [4.69, 9.17) is 9.47 Å². The highest BCUT2D eigenvalue weighted by Crippen LogP contribution is 2.20. The van der Waals surface area contributed by atoms with Crippen molar-refractivity contribution in [3.63, 3.8) is 0 Å². The molecule has 5 heteroatoms. The van der Waals surface area contributed by atoms with E-state index in [1.165, 1.54) is 12.8 Å². The molecular weight excluding hydrogens is 338 g/mol. The highest BCUT2D eigenvalue weighted by Gasteiger charge is 2.20. The fourth-order valence-electron chi connectivity index (χ4n) is 3.25. The average Bonchev–Trinajstić information content (AvgIpc) is 2.65. The lowest BCUT2D eigenvalue weighted by Crippen LogP contribution is -2.36. The first-order valence-electron chi connectivity index (χ1n) is 9.88. The van der Waals surface area contributed by atoms with Crippen molar-refractivity contribution in [3.8, 4) is 11.6 Å². The summed E-state index contributed by atoms with van der Waals surface area (Å²) in [6, 6.07) is 10.1. The maximum absolute atomic E-state index is 5.91. The minimum Gasteiger partial charge on any atom is -0.493 e. The molecule has 0 amide bonds. The zero-order valence-electron chi connectivity index (χ0n) is 16.7. The highest BCUT2D eigenvalue weighted by atomic mass is 16.5. The summed E-state index contributed by atoms with van der Waals surface area (Å²) in [5.41, 5.74) is 0.739. The monoisotopic (exact) mass is 369 g/mol. The van der Waals surface area contributed by atoms with Gasteiger partial charge in [0.15, 0.2) is 0 Å². The number of rotatable bonds is 7. The van der Waals surface area contributed by atoms with Crippen molar-refractivity contribution < 1.29 is 9.47 Å². The molecular formula is C22H31N3O2. The topological polar surface area (TPSA) is 47.5 Å². The van der Waals surface area contributed by atoms with Gasteiger partial charge in [0.2, 0.25) is 5.88 Å². The molecule has 0 spiro atoms. The highest BCUT2D eigenvalue weighted by molar-refractivity contribution is 5.20. The van der Waals surface area contributed by atoms with Gasteiger partial charge in [-0.2, -0.15) is 0 Å². The second kappa shape index (κ2) is 9.18. The van der Waals surface area contributed by atoms with Crippen molar-refractivity contribution in [2.24, 2.45) is 5.92 Å². The van der Waals surface area contributed by atoms with Crippen molar-refractivity contribution in [2.75, 3.05) is 26.2 Å². The standard InChI is InChI=1S/C22H31N3O2/c1-22(2,3)27-21-16-23-15-19(24-21)11-14-25-12-9-18(10-13-25)17-26-20-7-5-4-6-8-20/h4-8,15-16,18H,9-14,17H2,1-3H3. The maximum atomic E-state index is 5.91. The predicted octanol–water partition coefficient (Wildman–Crippen LogP) is 3.99. The van der Waals surface area contributed by atoms with Crippen LogP contribution in [-0.2, 0) is 6.42 Å². The fraction of sp³-hybridized carbons (Fsp3) is 0.545. The lowest BCUT2D eigenvalue weighted by molar-refractivity contribution is 0.122. The smallest absolute Gasteiger partial charge is 0.233 e. The van der Waals surface area contributed by atoms with Crippen LogP contribution in [0.5, 0.6) is 11.6 Å². The van der Waals surface area contributed by atoms with Gasteiger partial charge in [-0.25, -0.2) is 4.98 Å². The van der Waals surface area contributed by atoms with Crippen LogP contribution in [-0.4, -0.2) is 46.7 Å². The lowest BCUT2D eigenvalue weighted by atomic mass is 9.97. The number of aromatic nitrogens is 2. The Morgan fingerprint density at radius 1 is 1.07 bits per heavy atom. The third-order valence-electron chi connectivity index (χ3n) is 4.69. The molecule has 27 heavy (non-hydrogen) atoms. The maximum Gasteiger partial charge on any atom is 0.233 e. The minimum atomic E-state index is -0.253. The van der Waals surface area contributed by atoms with Crippen LogP contribution in [0.15, 0.2) is 42.7 Å². The van der Waals surface area contributed by atoms with Gasteiger partial charge in [0.25, 0.3) is 0 Å². The minimum absolute atomic E-state index is 0.253. The summed E-state index contributed by atoms with van der Waals surface area (Å²) in [6.45, 7) is 10.1. The van der Waals surface area contributed by atoms with Gasteiger partial charge in [0.05, 0.1) is 18.5 Å². The Morgan fingerprint density at radius 3 is 2.52 bits per heavy atom. The lowest BCUT2D eigenvalue weighted by Gasteiger charge is -2.31. The molecule has 0 atom stereocenters. The second-order valence-corrected chi connectivity index (χ2v) is 8.22. The Kier molecular flexibility index (Phi) is 6.67. The van der Waals surface area contributed by atoms with Gasteiger partial charge >= 0.3 is 0 Å².